The number of amides is 4. The highest BCUT2D eigenvalue weighted by Gasteiger charge is 2.70. The van der Waals surface area contributed by atoms with Gasteiger partial charge in [0.15, 0.2) is 11.5 Å². The van der Waals surface area contributed by atoms with Gasteiger partial charge in [0.25, 0.3) is 11.8 Å². The van der Waals surface area contributed by atoms with Gasteiger partial charge in [-0.05, 0) is 108 Å². The molecule has 5 aromatic rings. The maximum absolute atomic E-state index is 15.6. The molecule has 0 radical (unpaired) electrons. The minimum Gasteiger partial charge on any atom is -0.504 e. The van der Waals surface area contributed by atoms with Crippen LogP contribution in [-0.2, 0) is 24.6 Å². The van der Waals surface area contributed by atoms with Crippen LogP contribution in [0.5, 0.6) is 28.7 Å². The number of phenols is 1. The molecule has 5 aromatic carbocycles. The Labute approximate surface area is 379 Å². The second-order valence-corrected chi connectivity index (χ2v) is 17.0. The van der Waals surface area contributed by atoms with Crippen molar-refractivity contribution in [2.75, 3.05) is 38.8 Å². The summed E-state index contributed by atoms with van der Waals surface area (Å²) in [5, 5.41) is 12.4. The van der Waals surface area contributed by atoms with Crippen molar-refractivity contribution in [3.8, 4) is 28.7 Å². The number of carbonyl (C=O) groups is 4. The summed E-state index contributed by atoms with van der Waals surface area (Å²) in [5.74, 6) is -3.93. The van der Waals surface area contributed by atoms with Crippen molar-refractivity contribution in [3.05, 3.63) is 147 Å². The van der Waals surface area contributed by atoms with Crippen LogP contribution in [-0.4, -0.2) is 62.2 Å². The summed E-state index contributed by atoms with van der Waals surface area (Å²) in [5.41, 5.74) is 5.61. The van der Waals surface area contributed by atoms with E-state index in [0.29, 0.717) is 39.1 Å². The lowest BCUT2D eigenvalue weighted by atomic mass is 9.49. The first kappa shape index (κ1) is 42.5. The third-order valence-electron chi connectivity index (χ3n) is 13.2. The van der Waals surface area contributed by atoms with E-state index in [0.717, 1.165) is 21.7 Å². The minimum absolute atomic E-state index is 0.0756. The summed E-state index contributed by atoms with van der Waals surface area (Å²) in [6, 6.07) is 29.3. The van der Waals surface area contributed by atoms with Crippen molar-refractivity contribution >= 4 is 70.4 Å². The molecule has 14 heteroatoms. The summed E-state index contributed by atoms with van der Waals surface area (Å²) in [6.07, 6.45) is 6.07. The minimum atomic E-state index is -1.59. The zero-order chi connectivity index (χ0) is 45.0. The molecule has 6 unspecified atom stereocenters. The van der Waals surface area contributed by atoms with Crippen molar-refractivity contribution in [3.63, 3.8) is 0 Å². The molecule has 6 atom stereocenters. The number of aromatic hydroxyl groups is 1. The standard InChI is InChI=1S/C50H43Cl2N3O9/c1-61-33-15-10-30(11-16-33)50-38(47(58)55(49(50)60)53-40-20-12-31(51)25-39(40)52)26-37-35(45(50)29-9-21-41(56)43(24-29)64-4)18-19-36-44(37)48(59)54(46(36)57)32-13-6-27(7-14-32)5-8-28-23-34(62-2)17-22-42(28)63-3/h5-18,20-25,36-38,44-45,53,56H,19,26H2,1-4H3. The van der Waals surface area contributed by atoms with Gasteiger partial charge in [-0.2, -0.15) is 5.01 Å². The van der Waals surface area contributed by atoms with Gasteiger partial charge in [0.05, 0.1) is 68.0 Å². The van der Waals surface area contributed by atoms with Gasteiger partial charge in [-0.1, -0.05) is 77.3 Å². The molecule has 0 spiro atoms. The molecule has 326 valence electrons. The number of nitrogens with one attached hydrogen (secondary N) is 1. The third-order valence-corrected chi connectivity index (χ3v) is 13.7. The highest BCUT2D eigenvalue weighted by molar-refractivity contribution is 6.36. The van der Waals surface area contributed by atoms with Crippen LogP contribution < -0.4 is 29.3 Å². The molecular weight excluding hydrogens is 857 g/mol. The van der Waals surface area contributed by atoms with Gasteiger partial charge in [0.2, 0.25) is 11.8 Å². The fourth-order valence-electron chi connectivity index (χ4n) is 10.2. The number of anilines is 2. The monoisotopic (exact) mass is 899 g/mol. The van der Waals surface area contributed by atoms with Crippen LogP contribution >= 0.6 is 23.2 Å². The van der Waals surface area contributed by atoms with E-state index >= 15 is 9.59 Å². The van der Waals surface area contributed by atoms with Gasteiger partial charge in [0.1, 0.15) is 17.2 Å². The number of hydrazine groups is 1. The number of hydrogen-bond acceptors (Lipinski definition) is 10. The topological polar surface area (TPSA) is 144 Å². The fourth-order valence-corrected chi connectivity index (χ4v) is 10.7. The largest absolute Gasteiger partial charge is 0.504 e. The van der Waals surface area contributed by atoms with Crippen molar-refractivity contribution in [1.29, 1.82) is 0 Å². The Morgan fingerprint density at radius 1 is 0.719 bits per heavy atom. The van der Waals surface area contributed by atoms with E-state index in [1.807, 2.05) is 48.6 Å². The van der Waals surface area contributed by atoms with Gasteiger partial charge in [-0.25, -0.2) is 0 Å². The van der Waals surface area contributed by atoms with Crippen molar-refractivity contribution < 1.29 is 43.2 Å². The Bertz CT molecular complexity index is 2770. The number of rotatable bonds is 11. The number of fused-ring (bicyclic) bond motifs is 4. The SMILES string of the molecule is COc1ccc(C23C(=O)N(Nc4ccc(Cl)cc4Cl)C(=O)C2CC2C(=CCC4C(=O)N(c5ccc(C=Cc6cc(OC)ccc6OC)cc5)C(=O)C42)C3c2ccc(O)c(OC)c2)cc1. The maximum Gasteiger partial charge on any atom is 0.260 e. The number of phenolic OH excluding ortho intramolecular Hbond substituents is 1. The first-order chi connectivity index (χ1) is 30.9. The second-order valence-electron chi connectivity index (χ2n) is 16.2. The Kier molecular flexibility index (Phi) is 11.1. The molecule has 3 fully saturated rings. The van der Waals surface area contributed by atoms with E-state index in [1.54, 1.807) is 74.9 Å². The van der Waals surface area contributed by atoms with Crippen LogP contribution in [0.2, 0.25) is 10.0 Å². The van der Waals surface area contributed by atoms with Crippen LogP contribution in [0.1, 0.15) is 41.0 Å². The van der Waals surface area contributed by atoms with Crippen LogP contribution in [0.4, 0.5) is 11.4 Å². The quantitative estimate of drug-likeness (QED) is 0.0749. The molecule has 1 saturated carbocycles. The lowest BCUT2D eigenvalue weighted by Crippen LogP contribution is -2.53. The molecular formula is C50H43Cl2N3O9. The summed E-state index contributed by atoms with van der Waals surface area (Å²) in [4.78, 5) is 61.3. The lowest BCUT2D eigenvalue weighted by molar-refractivity contribution is -0.138. The molecule has 0 bridgehead atoms. The highest BCUT2D eigenvalue weighted by atomic mass is 35.5. The Hall–Kier alpha value is -6.76. The molecule has 9 rings (SSSR count). The van der Waals surface area contributed by atoms with Crippen LogP contribution in [0.15, 0.2) is 115 Å². The smallest absolute Gasteiger partial charge is 0.260 e. The first-order valence-corrected chi connectivity index (χ1v) is 21.4. The zero-order valence-corrected chi connectivity index (χ0v) is 36.7. The molecule has 2 heterocycles. The molecule has 12 nitrogen and oxygen atoms in total. The normalized spacial score (nSPS) is 23.7. The molecule has 2 aliphatic heterocycles. The number of benzene rings is 5. The fraction of sp³-hybridized carbons (Fsp3) is 0.240. The predicted octanol–water partition coefficient (Wildman–Crippen LogP) is 9.09. The van der Waals surface area contributed by atoms with E-state index in [4.69, 9.17) is 42.1 Å². The molecule has 2 aliphatic carbocycles. The van der Waals surface area contributed by atoms with Crippen LogP contribution in [0.3, 0.4) is 0 Å². The zero-order valence-electron chi connectivity index (χ0n) is 35.2. The number of methoxy groups -OCH3 is 4. The van der Waals surface area contributed by atoms with Crippen molar-refractivity contribution in [2.45, 2.75) is 24.2 Å². The summed E-state index contributed by atoms with van der Waals surface area (Å²) < 4.78 is 22.0. The van der Waals surface area contributed by atoms with E-state index in [-0.39, 0.29) is 46.9 Å². The van der Waals surface area contributed by atoms with Gasteiger partial charge in [-0.15, -0.1) is 0 Å². The Morgan fingerprint density at radius 2 is 1.44 bits per heavy atom. The predicted molar refractivity (Wildman–Crippen MR) is 243 cm³/mol. The molecule has 2 saturated heterocycles. The molecule has 64 heavy (non-hydrogen) atoms. The molecule has 2 N–H and O–H groups in total. The van der Waals surface area contributed by atoms with E-state index in [2.05, 4.69) is 5.43 Å². The second kappa shape index (κ2) is 16.7. The summed E-state index contributed by atoms with van der Waals surface area (Å²) in [6.45, 7) is 0. The Morgan fingerprint density at radius 3 is 2.12 bits per heavy atom. The molecule has 4 aliphatic rings. The highest BCUT2D eigenvalue weighted by Crippen LogP contribution is 2.64. The maximum atomic E-state index is 15.6. The summed E-state index contributed by atoms with van der Waals surface area (Å²) in [7, 11) is 6.16. The van der Waals surface area contributed by atoms with Gasteiger partial charge in [-0.3, -0.25) is 29.5 Å². The average molecular weight is 901 g/mol. The molecule has 4 amide bonds. The number of ether oxygens (including phenoxy) is 4. The number of nitrogens with zero attached hydrogens (tertiary/aromatic N) is 2. The van der Waals surface area contributed by atoms with Crippen LogP contribution in [0.25, 0.3) is 12.2 Å². The first-order valence-electron chi connectivity index (χ1n) is 20.6. The molecule has 0 aromatic heterocycles. The van der Waals surface area contributed by atoms with E-state index in [1.165, 1.54) is 31.3 Å². The number of allylic oxidation sites excluding steroid dienone is 2. The van der Waals surface area contributed by atoms with Crippen molar-refractivity contribution in [2.24, 2.45) is 23.7 Å². The number of carbonyl (C=O) groups excluding carboxylic acids is 4. The average Bonchev–Trinajstić information content (AvgIpc) is 3.69. The Balaban J connectivity index is 1.13. The third kappa shape index (κ3) is 6.83. The summed E-state index contributed by atoms with van der Waals surface area (Å²) >= 11 is 12.8. The van der Waals surface area contributed by atoms with Crippen molar-refractivity contribution in [1.82, 2.24) is 5.01 Å². The number of imide groups is 2. The van der Waals surface area contributed by atoms with Gasteiger partial charge < -0.3 is 24.1 Å². The van der Waals surface area contributed by atoms with E-state index in [9.17, 15) is 14.7 Å². The number of halogens is 2. The lowest BCUT2D eigenvalue weighted by Gasteiger charge is -2.50. The van der Waals surface area contributed by atoms with E-state index < -0.39 is 46.8 Å². The van der Waals surface area contributed by atoms with Gasteiger partial charge in [0, 0.05) is 16.5 Å². The van der Waals surface area contributed by atoms with Crippen LogP contribution in [0, 0.1) is 23.7 Å². The number of hydrogen-bond donors (Lipinski definition) is 2. The van der Waals surface area contributed by atoms with Gasteiger partial charge >= 0.3 is 0 Å².